The van der Waals surface area contributed by atoms with Gasteiger partial charge in [0.15, 0.2) is 0 Å². The van der Waals surface area contributed by atoms with E-state index in [4.69, 9.17) is 17.2 Å². The summed E-state index contributed by atoms with van der Waals surface area (Å²) in [5.74, 6) is -1.40. The fourth-order valence-corrected chi connectivity index (χ4v) is 2.16. The molecule has 0 saturated carbocycles. The van der Waals surface area contributed by atoms with E-state index >= 15 is 0 Å². The highest BCUT2D eigenvalue weighted by Gasteiger charge is 2.26. The Morgan fingerprint density at radius 2 is 1.86 bits per heavy atom. The third kappa shape index (κ3) is 9.95. The minimum Gasteiger partial charge on any atom is -0.394 e. The van der Waals surface area contributed by atoms with Crippen LogP contribution in [0.4, 0.5) is 0 Å². The molecule has 2 amide bonds. The van der Waals surface area contributed by atoms with Crippen molar-refractivity contribution in [2.45, 2.75) is 44.3 Å². The molecule has 28 heavy (non-hydrogen) atoms. The van der Waals surface area contributed by atoms with Crippen molar-refractivity contribution in [2.75, 3.05) is 6.61 Å². The topological polar surface area (TPSA) is 179 Å². The first kappa shape index (κ1) is 25.4. The van der Waals surface area contributed by atoms with Crippen LogP contribution in [0.25, 0.3) is 0 Å². The summed E-state index contributed by atoms with van der Waals surface area (Å²) in [6.45, 7) is 4.69. The smallest absolute Gasteiger partial charge is 0.293 e. The van der Waals surface area contributed by atoms with E-state index in [9.17, 15) is 24.3 Å². The lowest BCUT2D eigenvalue weighted by Gasteiger charge is -2.18. The maximum absolute atomic E-state index is 12.2. The second kappa shape index (κ2) is 13.6. The van der Waals surface area contributed by atoms with Crippen LogP contribution in [0.1, 0.15) is 26.2 Å². The van der Waals surface area contributed by atoms with Gasteiger partial charge in [0, 0.05) is 0 Å². The van der Waals surface area contributed by atoms with Crippen molar-refractivity contribution >= 4 is 30.5 Å². The molecule has 0 spiro atoms. The summed E-state index contributed by atoms with van der Waals surface area (Å²) < 4.78 is 0. The molecular weight excluding hydrogens is 363 g/mol. The number of aliphatic hydroxyl groups excluding tert-OH is 1. The summed E-state index contributed by atoms with van der Waals surface area (Å²) in [6, 6.07) is -3.26. The second-order valence-corrected chi connectivity index (χ2v) is 6.09. The number of rotatable bonds is 14. The molecule has 9 nitrogen and oxygen atoms in total. The minimum atomic E-state index is -1.30. The number of hydrogen-bond donors (Lipinski definition) is 5. The molecule has 0 bridgehead atoms. The molecule has 10 heteroatoms. The van der Waals surface area contributed by atoms with Crippen molar-refractivity contribution in [3.63, 3.8) is 0 Å². The molecule has 0 rings (SSSR count). The van der Waals surface area contributed by atoms with Gasteiger partial charge in [-0.3, -0.25) is 9.59 Å². The standard InChI is InChI=1S/C18H28BN4O5/c1-3-5-11(6-4-2)9-13(21)18(28)23-14(10-24)16(26)19-15(25)8-7-12(20)17(22)27/h3-6,12-14,24H,1,7-10,20-21H2,2H3,(H2,22,27)(H,23,28)/b6-4-,11-5+. The highest BCUT2D eigenvalue weighted by atomic mass is 16.3. The van der Waals surface area contributed by atoms with Crippen LogP contribution in [-0.2, 0) is 19.2 Å². The number of amides is 2. The summed E-state index contributed by atoms with van der Waals surface area (Å²) in [4.78, 5) is 46.9. The number of carbonyl (C=O) groups excluding carboxylic acids is 4. The zero-order valence-electron chi connectivity index (χ0n) is 16.0. The molecule has 0 saturated heterocycles. The average molecular weight is 391 g/mol. The van der Waals surface area contributed by atoms with Crippen LogP contribution < -0.4 is 22.5 Å². The molecule has 0 fully saturated rings. The van der Waals surface area contributed by atoms with Crippen molar-refractivity contribution < 1.29 is 24.3 Å². The lowest BCUT2D eigenvalue weighted by atomic mass is 9.64. The maximum atomic E-state index is 12.2. The molecule has 0 aliphatic rings. The minimum absolute atomic E-state index is 0.0116. The normalized spacial score (nSPS) is 14.8. The Kier molecular flexibility index (Phi) is 12.3. The Bertz CT molecular complexity index is 648. The molecular formula is C18H28BN4O5. The molecule has 0 aromatic heterocycles. The van der Waals surface area contributed by atoms with Gasteiger partial charge in [-0.25, -0.2) is 0 Å². The molecule has 153 valence electrons. The quantitative estimate of drug-likeness (QED) is 0.171. The van der Waals surface area contributed by atoms with Crippen LogP contribution in [0.15, 0.2) is 36.5 Å². The summed E-state index contributed by atoms with van der Waals surface area (Å²) in [5, 5.41) is 11.7. The van der Waals surface area contributed by atoms with Gasteiger partial charge in [-0.05, 0) is 31.8 Å². The van der Waals surface area contributed by atoms with E-state index in [1.807, 2.05) is 6.92 Å². The second-order valence-electron chi connectivity index (χ2n) is 6.09. The lowest BCUT2D eigenvalue weighted by molar-refractivity contribution is -0.127. The Hall–Kier alpha value is -2.56. The number of carbonyl (C=O) groups is 4. The van der Waals surface area contributed by atoms with Crippen molar-refractivity contribution in [3.05, 3.63) is 36.5 Å². The number of allylic oxidation sites excluding steroid dienone is 4. The molecule has 0 aromatic rings. The van der Waals surface area contributed by atoms with Crippen molar-refractivity contribution in [1.82, 2.24) is 5.32 Å². The monoisotopic (exact) mass is 391 g/mol. The van der Waals surface area contributed by atoms with Gasteiger partial charge in [0.2, 0.25) is 11.8 Å². The van der Waals surface area contributed by atoms with Gasteiger partial charge >= 0.3 is 0 Å². The first-order chi connectivity index (χ1) is 13.2. The Balaban J connectivity index is 4.72. The largest absolute Gasteiger partial charge is 0.394 e. The number of primary amides is 1. The van der Waals surface area contributed by atoms with E-state index in [1.54, 1.807) is 24.3 Å². The molecule has 0 aliphatic heterocycles. The fraction of sp³-hybridized carbons (Fsp3) is 0.444. The van der Waals surface area contributed by atoms with E-state index in [-0.39, 0.29) is 19.3 Å². The summed E-state index contributed by atoms with van der Waals surface area (Å²) >= 11 is 0. The predicted octanol–water partition coefficient (Wildman–Crippen LogP) is -1.78. The van der Waals surface area contributed by atoms with E-state index in [2.05, 4.69) is 11.9 Å². The highest BCUT2D eigenvalue weighted by molar-refractivity contribution is 6.97. The highest BCUT2D eigenvalue weighted by Crippen LogP contribution is 2.07. The van der Waals surface area contributed by atoms with Crippen molar-refractivity contribution in [2.24, 2.45) is 17.2 Å². The van der Waals surface area contributed by atoms with E-state index in [0.29, 0.717) is 0 Å². The number of aliphatic hydroxyl groups is 1. The van der Waals surface area contributed by atoms with Gasteiger partial charge in [-0.15, -0.1) is 0 Å². The SMILES string of the molecule is C=C/C=C(\C=C/C)CC(N)C(=O)NC(CO)C(=O)[B]C(=O)CCC(N)C(N)=O. The molecule has 8 N–H and O–H groups in total. The third-order valence-electron chi connectivity index (χ3n) is 3.72. The zero-order valence-corrected chi connectivity index (χ0v) is 16.0. The van der Waals surface area contributed by atoms with Crippen molar-refractivity contribution in [1.29, 1.82) is 0 Å². The zero-order chi connectivity index (χ0) is 21.7. The first-order valence-electron chi connectivity index (χ1n) is 8.73. The average Bonchev–Trinajstić information content (AvgIpc) is 2.63. The van der Waals surface area contributed by atoms with Gasteiger partial charge in [0.1, 0.15) is 11.7 Å². The Labute approximate surface area is 165 Å². The number of nitrogens with two attached hydrogens (primary N) is 3. The molecule has 3 atom stereocenters. The summed E-state index contributed by atoms with van der Waals surface area (Å²) in [7, 11) is 0.753. The van der Waals surface area contributed by atoms with Crippen LogP contribution in [0.5, 0.6) is 0 Å². The van der Waals surface area contributed by atoms with Gasteiger partial charge in [-0.2, -0.15) is 0 Å². The molecule has 0 heterocycles. The van der Waals surface area contributed by atoms with E-state index in [1.165, 1.54) is 0 Å². The number of hydrogen-bond acceptors (Lipinski definition) is 7. The molecule has 0 aromatic carbocycles. The van der Waals surface area contributed by atoms with Crippen molar-refractivity contribution in [3.8, 4) is 0 Å². The van der Waals surface area contributed by atoms with Crippen LogP contribution in [0.3, 0.4) is 0 Å². The fourth-order valence-electron chi connectivity index (χ4n) is 2.16. The molecule has 1 radical (unpaired) electrons. The van der Waals surface area contributed by atoms with Gasteiger partial charge in [0.05, 0.1) is 24.4 Å². The third-order valence-corrected chi connectivity index (χ3v) is 3.72. The van der Waals surface area contributed by atoms with Crippen LogP contribution in [0, 0.1) is 0 Å². The molecule has 3 unspecified atom stereocenters. The molecule has 0 aliphatic carbocycles. The lowest BCUT2D eigenvalue weighted by Crippen LogP contribution is -2.52. The number of nitrogens with one attached hydrogen (secondary N) is 1. The van der Waals surface area contributed by atoms with E-state index in [0.717, 1.165) is 12.9 Å². The first-order valence-corrected chi connectivity index (χ1v) is 8.73. The van der Waals surface area contributed by atoms with Gasteiger partial charge < -0.3 is 37.2 Å². The summed E-state index contributed by atoms with van der Waals surface area (Å²) in [6.07, 6.45) is 6.83. The van der Waals surface area contributed by atoms with Gasteiger partial charge in [0.25, 0.3) is 7.28 Å². The van der Waals surface area contributed by atoms with E-state index < -0.39 is 47.9 Å². The van der Waals surface area contributed by atoms with Crippen LogP contribution >= 0.6 is 0 Å². The van der Waals surface area contributed by atoms with Crippen LogP contribution in [-0.4, -0.2) is 60.3 Å². The maximum Gasteiger partial charge on any atom is 0.293 e. The predicted molar refractivity (Wildman–Crippen MR) is 107 cm³/mol. The Morgan fingerprint density at radius 3 is 2.36 bits per heavy atom. The van der Waals surface area contributed by atoms with Crippen LogP contribution in [0.2, 0.25) is 0 Å². The summed E-state index contributed by atoms with van der Waals surface area (Å²) in [5.41, 5.74) is 15.6. The Morgan fingerprint density at radius 1 is 1.21 bits per heavy atom. The van der Waals surface area contributed by atoms with Gasteiger partial charge in [-0.1, -0.05) is 30.9 Å².